The number of benzene rings is 1. The molecular formula is C12H13N3OP+. The molecule has 17 heavy (non-hydrogen) atoms. The molecule has 2 aliphatic rings. The van der Waals surface area contributed by atoms with E-state index in [2.05, 4.69) is 16.7 Å². The monoisotopic (exact) mass is 246 g/mol. The molecule has 0 saturated heterocycles. The molecule has 0 saturated carbocycles. The van der Waals surface area contributed by atoms with Crippen LogP contribution in [0.2, 0.25) is 0 Å². The first kappa shape index (κ1) is 9.49. The first-order chi connectivity index (χ1) is 8.10. The molecule has 0 fully saturated rings. The lowest BCUT2D eigenvalue weighted by Crippen LogP contribution is -2.31. The van der Waals surface area contributed by atoms with E-state index in [0.29, 0.717) is 0 Å². The maximum Gasteiger partial charge on any atom is 0.342 e. The highest BCUT2D eigenvalue weighted by Gasteiger charge is 2.45. The second kappa shape index (κ2) is 2.65. The van der Waals surface area contributed by atoms with Crippen molar-refractivity contribution in [3.63, 3.8) is 0 Å². The lowest BCUT2D eigenvalue weighted by atomic mass is 10.1. The van der Waals surface area contributed by atoms with E-state index >= 15 is 0 Å². The van der Waals surface area contributed by atoms with E-state index in [-0.39, 0.29) is 0 Å². The van der Waals surface area contributed by atoms with Crippen LogP contribution in [0.15, 0.2) is 30.6 Å². The first-order valence-corrected chi connectivity index (χ1v) is 7.72. The minimum Gasteiger partial charge on any atom is -0.292 e. The third kappa shape index (κ3) is 0.918. The summed E-state index contributed by atoms with van der Waals surface area (Å²) in [5.74, 6) is 1.10. The molecule has 0 amide bonds. The molecule has 1 unspecified atom stereocenters. The van der Waals surface area contributed by atoms with Gasteiger partial charge in [-0.15, -0.1) is 0 Å². The van der Waals surface area contributed by atoms with Crippen molar-refractivity contribution in [2.45, 2.75) is 6.54 Å². The maximum atomic E-state index is 12.9. The molecule has 0 N–H and O–H groups in total. The molecule has 3 heterocycles. The molecule has 4 nitrogen and oxygen atoms in total. The normalized spacial score (nSPS) is 24.0. The van der Waals surface area contributed by atoms with Gasteiger partial charge in [-0.1, -0.05) is 12.1 Å². The average molecular weight is 246 g/mol. The number of nitrogens with zero attached hydrogens (tertiary/aromatic N) is 3. The van der Waals surface area contributed by atoms with Crippen molar-refractivity contribution in [1.82, 2.24) is 4.34 Å². The number of hydrogen-bond donors (Lipinski definition) is 0. The van der Waals surface area contributed by atoms with Gasteiger partial charge in [0.25, 0.3) is 5.82 Å². The van der Waals surface area contributed by atoms with Gasteiger partial charge < -0.3 is 0 Å². The van der Waals surface area contributed by atoms with Crippen LogP contribution in [0.25, 0.3) is 11.4 Å². The smallest absolute Gasteiger partial charge is 0.292 e. The quantitative estimate of drug-likeness (QED) is 0.448. The zero-order valence-corrected chi connectivity index (χ0v) is 10.7. The van der Waals surface area contributed by atoms with E-state index in [9.17, 15) is 4.57 Å². The summed E-state index contributed by atoms with van der Waals surface area (Å²) in [5.41, 5.74) is 3.65. The standard InChI is InChI=1S/C12H13N3OP/c1-13-10-5-3-4-9-8-14-6-7-15(17(13,2)16)12(14)11(9)10/h3-7H,8H2,1-2H3/q+1. The van der Waals surface area contributed by atoms with Crippen LogP contribution in [0, 0.1) is 0 Å². The summed E-state index contributed by atoms with van der Waals surface area (Å²) < 4.78 is 18.9. The van der Waals surface area contributed by atoms with Gasteiger partial charge in [0.15, 0.2) is 0 Å². The van der Waals surface area contributed by atoms with Gasteiger partial charge in [-0.25, -0.2) is 9.13 Å². The van der Waals surface area contributed by atoms with Crippen LogP contribution in [0.1, 0.15) is 5.56 Å². The fraction of sp³-hybridized carbons (Fsp3) is 0.250. The number of aromatic nitrogens is 2. The first-order valence-electron chi connectivity index (χ1n) is 5.66. The summed E-state index contributed by atoms with van der Waals surface area (Å²) in [6.07, 6.45) is 3.96. The molecular weight excluding hydrogens is 233 g/mol. The Morgan fingerprint density at radius 1 is 1.41 bits per heavy atom. The zero-order valence-electron chi connectivity index (χ0n) is 9.79. The van der Waals surface area contributed by atoms with E-state index in [0.717, 1.165) is 18.1 Å². The van der Waals surface area contributed by atoms with Gasteiger partial charge in [0, 0.05) is 19.3 Å². The summed E-state index contributed by atoms with van der Waals surface area (Å²) in [5, 5.41) is 0. The van der Waals surface area contributed by atoms with E-state index in [1.165, 1.54) is 11.1 Å². The molecule has 0 spiro atoms. The molecule has 1 atom stereocenters. The Morgan fingerprint density at radius 3 is 3.06 bits per heavy atom. The second-order valence-corrected chi connectivity index (χ2v) is 7.47. The predicted molar refractivity (Wildman–Crippen MR) is 66.5 cm³/mol. The highest BCUT2D eigenvalue weighted by atomic mass is 31.2. The molecule has 5 heteroatoms. The Bertz CT molecular complexity index is 704. The Labute approximate surface area is 99.6 Å². The van der Waals surface area contributed by atoms with Gasteiger partial charge in [-0.2, -0.15) is 4.34 Å². The molecule has 0 bridgehead atoms. The SMILES string of the molecule is CN1c2cccc3c2-c2n(cc[n+]2C3)P1(C)=O. The lowest BCUT2D eigenvalue weighted by Gasteiger charge is -2.29. The molecule has 2 aliphatic heterocycles. The van der Waals surface area contributed by atoms with Crippen LogP contribution < -0.4 is 9.24 Å². The summed E-state index contributed by atoms with van der Waals surface area (Å²) in [7, 11) is -0.598. The molecule has 1 aromatic carbocycles. The number of anilines is 1. The number of imidazole rings is 1. The van der Waals surface area contributed by atoms with Gasteiger partial charge in [-0.3, -0.25) is 4.67 Å². The predicted octanol–water partition coefficient (Wildman–Crippen LogP) is 1.93. The van der Waals surface area contributed by atoms with Crippen molar-refractivity contribution in [3.8, 4) is 11.4 Å². The molecule has 0 aliphatic carbocycles. The van der Waals surface area contributed by atoms with Crippen molar-refractivity contribution in [1.29, 1.82) is 0 Å². The molecule has 0 radical (unpaired) electrons. The largest absolute Gasteiger partial charge is 0.342 e. The summed E-state index contributed by atoms with van der Waals surface area (Å²) in [6.45, 7) is 2.71. The van der Waals surface area contributed by atoms with Crippen LogP contribution in [0.4, 0.5) is 5.69 Å². The van der Waals surface area contributed by atoms with E-state index < -0.39 is 7.44 Å². The Morgan fingerprint density at radius 2 is 2.24 bits per heavy atom. The van der Waals surface area contributed by atoms with Gasteiger partial charge in [0.05, 0.1) is 11.3 Å². The van der Waals surface area contributed by atoms with Crippen LogP contribution in [-0.4, -0.2) is 18.1 Å². The summed E-state index contributed by atoms with van der Waals surface area (Å²) >= 11 is 0. The fourth-order valence-corrected chi connectivity index (χ4v) is 4.60. The Balaban J connectivity index is 2.22. The molecule has 1 aromatic heterocycles. The highest BCUT2D eigenvalue weighted by Crippen LogP contribution is 2.57. The van der Waals surface area contributed by atoms with Crippen LogP contribution >= 0.6 is 7.44 Å². The highest BCUT2D eigenvalue weighted by molar-refractivity contribution is 7.63. The van der Waals surface area contributed by atoms with Crippen LogP contribution in [-0.2, 0) is 11.1 Å². The third-order valence-corrected chi connectivity index (χ3v) is 6.33. The van der Waals surface area contributed by atoms with Gasteiger partial charge >= 0.3 is 7.44 Å². The molecule has 2 aromatic rings. The number of rotatable bonds is 0. The van der Waals surface area contributed by atoms with E-state index in [1.807, 2.05) is 41.2 Å². The lowest BCUT2D eigenvalue weighted by molar-refractivity contribution is -0.670. The van der Waals surface area contributed by atoms with Gasteiger partial charge in [0.2, 0.25) is 0 Å². The minimum atomic E-state index is -2.52. The van der Waals surface area contributed by atoms with Gasteiger partial charge in [0.1, 0.15) is 18.9 Å². The minimum absolute atomic E-state index is 0.888. The van der Waals surface area contributed by atoms with E-state index in [4.69, 9.17) is 0 Å². The van der Waals surface area contributed by atoms with Gasteiger partial charge in [-0.05, 0) is 6.07 Å². The van der Waals surface area contributed by atoms with Crippen molar-refractivity contribution < 1.29 is 9.13 Å². The van der Waals surface area contributed by atoms with Crippen molar-refractivity contribution in [2.75, 3.05) is 18.4 Å². The fourth-order valence-electron chi connectivity index (χ4n) is 2.88. The van der Waals surface area contributed by atoms with Crippen LogP contribution in [0.5, 0.6) is 0 Å². The summed E-state index contributed by atoms with van der Waals surface area (Å²) in [4.78, 5) is 0. The third-order valence-electron chi connectivity index (χ3n) is 3.87. The van der Waals surface area contributed by atoms with Crippen molar-refractivity contribution in [3.05, 3.63) is 36.2 Å². The maximum absolute atomic E-state index is 12.9. The van der Waals surface area contributed by atoms with Crippen molar-refractivity contribution >= 4 is 13.1 Å². The van der Waals surface area contributed by atoms with Crippen LogP contribution in [0.3, 0.4) is 0 Å². The Kier molecular flexibility index (Phi) is 1.48. The summed E-state index contributed by atoms with van der Waals surface area (Å²) in [6, 6.07) is 6.25. The average Bonchev–Trinajstić information content (AvgIpc) is 2.83. The number of hydrogen-bond acceptors (Lipinski definition) is 1. The van der Waals surface area contributed by atoms with Crippen molar-refractivity contribution in [2.24, 2.45) is 0 Å². The molecule has 86 valence electrons. The zero-order chi connectivity index (χ0) is 11.8. The topological polar surface area (TPSA) is 29.1 Å². The Hall–Kier alpha value is -1.54. The van der Waals surface area contributed by atoms with E-state index in [1.54, 1.807) is 0 Å². The second-order valence-electron chi connectivity index (χ2n) is 4.76. The molecule has 4 rings (SSSR count).